The van der Waals surface area contributed by atoms with Crippen molar-refractivity contribution < 1.29 is 24.2 Å². The minimum Gasteiger partial charge on any atom is -0.396 e. The van der Waals surface area contributed by atoms with Crippen molar-refractivity contribution in [3.05, 3.63) is 55.6 Å². The summed E-state index contributed by atoms with van der Waals surface area (Å²) >= 11 is 0. The summed E-state index contributed by atoms with van der Waals surface area (Å²) in [5.74, 6) is -1.97. The van der Waals surface area contributed by atoms with Crippen LogP contribution in [0, 0.1) is 17.3 Å². The molecule has 3 aliphatic heterocycles. The molecule has 2 unspecified atom stereocenters. The van der Waals surface area contributed by atoms with Crippen molar-refractivity contribution in [1.29, 1.82) is 0 Å². The van der Waals surface area contributed by atoms with E-state index in [2.05, 4.69) is 47.8 Å². The fourth-order valence-electron chi connectivity index (χ4n) is 8.72. The Morgan fingerprint density at radius 2 is 1.69 bits per heavy atom. The quantitative estimate of drug-likeness (QED) is 0.199. The Morgan fingerprint density at radius 3 is 2.27 bits per heavy atom. The SMILES string of the molecule is C=CCN(C(=O)[C@H]1[C@H]2C(=O)N(CCCCCO)C(C(=O)N(CC=C)C(C)(C)CC(C)(C)C)C23CC[C@]1(CC)O3)c1ccccc1. The average Bonchev–Trinajstić information content (AvgIpc) is 3.59. The first kappa shape index (κ1) is 34.9. The molecule has 5 atom stereocenters. The molecule has 1 aromatic rings. The maximum Gasteiger partial charge on any atom is 0.249 e. The van der Waals surface area contributed by atoms with Crippen molar-refractivity contribution in [2.45, 2.75) is 109 Å². The number of benzene rings is 1. The predicted octanol–water partition coefficient (Wildman–Crippen LogP) is 5.75. The highest BCUT2D eigenvalue weighted by Gasteiger charge is 2.79. The highest BCUT2D eigenvalue weighted by Crippen LogP contribution is 2.65. The topological polar surface area (TPSA) is 90.4 Å². The molecule has 3 aliphatic rings. The third kappa shape index (κ3) is 6.37. The van der Waals surface area contributed by atoms with Crippen LogP contribution in [-0.2, 0) is 19.1 Å². The van der Waals surface area contributed by atoms with Crippen LogP contribution in [-0.4, -0.2) is 81.7 Å². The number of ether oxygens (including phenoxy) is 1. The van der Waals surface area contributed by atoms with Crippen LogP contribution in [0.3, 0.4) is 0 Å². The van der Waals surface area contributed by atoms with Gasteiger partial charge in [0.2, 0.25) is 17.7 Å². The number of para-hydroxylation sites is 1. The van der Waals surface area contributed by atoms with Gasteiger partial charge in [0.1, 0.15) is 11.6 Å². The highest BCUT2D eigenvalue weighted by atomic mass is 16.5. The zero-order valence-corrected chi connectivity index (χ0v) is 28.4. The molecule has 1 spiro atoms. The first-order valence-electron chi connectivity index (χ1n) is 16.7. The highest BCUT2D eigenvalue weighted by molar-refractivity contribution is 6.03. The van der Waals surface area contributed by atoms with Gasteiger partial charge in [-0.05, 0) is 76.3 Å². The molecule has 0 aliphatic carbocycles. The number of fused-ring (bicyclic) bond motifs is 1. The largest absolute Gasteiger partial charge is 0.396 e. The van der Waals surface area contributed by atoms with E-state index in [9.17, 15) is 14.7 Å². The summed E-state index contributed by atoms with van der Waals surface area (Å²) in [6.45, 7) is 21.6. The minimum atomic E-state index is -1.10. The van der Waals surface area contributed by atoms with Crippen LogP contribution < -0.4 is 4.90 Å². The number of hydrogen-bond acceptors (Lipinski definition) is 5. The van der Waals surface area contributed by atoms with Crippen LogP contribution in [0.15, 0.2) is 55.6 Å². The van der Waals surface area contributed by atoms with E-state index in [-0.39, 0.29) is 29.7 Å². The van der Waals surface area contributed by atoms with Crippen molar-refractivity contribution in [2.75, 3.05) is 31.1 Å². The fourth-order valence-corrected chi connectivity index (χ4v) is 8.72. The van der Waals surface area contributed by atoms with E-state index in [1.165, 1.54) is 0 Å². The third-order valence-electron chi connectivity index (χ3n) is 10.2. The lowest BCUT2D eigenvalue weighted by Crippen LogP contribution is -2.61. The Labute approximate surface area is 270 Å². The van der Waals surface area contributed by atoms with Gasteiger partial charge in [-0.25, -0.2) is 0 Å². The summed E-state index contributed by atoms with van der Waals surface area (Å²) in [6, 6.07) is 8.63. The van der Waals surface area contributed by atoms with Crippen LogP contribution in [0.5, 0.6) is 0 Å². The molecule has 0 saturated carbocycles. The second kappa shape index (κ2) is 13.4. The van der Waals surface area contributed by atoms with Crippen LogP contribution in [0.1, 0.15) is 86.5 Å². The molecule has 3 amide bonds. The summed E-state index contributed by atoms with van der Waals surface area (Å²) < 4.78 is 7.07. The Morgan fingerprint density at radius 1 is 1.02 bits per heavy atom. The molecule has 1 N–H and O–H groups in total. The lowest BCUT2D eigenvalue weighted by Gasteiger charge is -2.45. The Kier molecular flexibility index (Phi) is 10.4. The maximum absolute atomic E-state index is 15.0. The van der Waals surface area contributed by atoms with Crippen molar-refractivity contribution in [3.8, 4) is 0 Å². The molecule has 2 bridgehead atoms. The molecular weight excluding hydrogens is 566 g/mol. The molecule has 45 heavy (non-hydrogen) atoms. The number of rotatable bonds is 15. The summed E-state index contributed by atoms with van der Waals surface area (Å²) in [4.78, 5) is 49.7. The van der Waals surface area contributed by atoms with Crippen LogP contribution >= 0.6 is 0 Å². The van der Waals surface area contributed by atoms with Gasteiger partial charge in [0.15, 0.2) is 0 Å². The average molecular weight is 622 g/mol. The molecule has 3 fully saturated rings. The number of likely N-dealkylation sites (tertiary alicyclic amines) is 1. The van der Waals surface area contributed by atoms with E-state index in [0.717, 1.165) is 18.5 Å². The van der Waals surface area contributed by atoms with Gasteiger partial charge in [0.05, 0.1) is 17.4 Å². The fraction of sp³-hybridized carbons (Fsp3) is 0.649. The van der Waals surface area contributed by atoms with E-state index >= 15 is 4.79 Å². The molecule has 3 heterocycles. The van der Waals surface area contributed by atoms with E-state index in [1.54, 1.807) is 22.0 Å². The molecule has 8 heteroatoms. The number of carbonyl (C=O) groups excluding carboxylic acids is 3. The third-order valence-corrected chi connectivity index (χ3v) is 10.2. The van der Waals surface area contributed by atoms with Crippen molar-refractivity contribution in [3.63, 3.8) is 0 Å². The van der Waals surface area contributed by atoms with Gasteiger partial charge in [-0.15, -0.1) is 13.2 Å². The van der Waals surface area contributed by atoms with Crippen molar-refractivity contribution >= 4 is 23.4 Å². The molecule has 248 valence electrons. The summed E-state index contributed by atoms with van der Waals surface area (Å²) in [5.41, 5.74) is -1.76. The standard InChI is InChI=1S/C37H55N3O5/c1-9-22-38(27-18-14-12-15-19-27)31(42)28-29-32(43)39(24-16-13-17-25-41)30(37(29)21-20-36(28,11-3)45-37)33(44)40(23-10-2)35(7,8)26-34(4,5)6/h9-10,12,14-15,18-19,28-30,41H,1-2,11,13,16-17,20-26H2,3-8H3/t28-,29+,30?,36+,37?/m1/s1. The number of aliphatic hydroxyl groups is 1. The van der Waals surface area contributed by atoms with Crippen molar-refractivity contribution in [1.82, 2.24) is 9.80 Å². The Bertz CT molecular complexity index is 1260. The van der Waals surface area contributed by atoms with Gasteiger partial charge >= 0.3 is 0 Å². The van der Waals surface area contributed by atoms with Gasteiger partial charge in [0, 0.05) is 37.5 Å². The zero-order chi connectivity index (χ0) is 33.2. The van der Waals surface area contributed by atoms with Gasteiger partial charge in [-0.1, -0.05) is 58.0 Å². The Hall–Kier alpha value is -2.97. The first-order valence-corrected chi connectivity index (χ1v) is 16.7. The molecule has 4 rings (SSSR count). The lowest BCUT2D eigenvalue weighted by molar-refractivity contribution is -0.157. The maximum atomic E-state index is 15.0. The second-order valence-corrected chi connectivity index (χ2v) is 15.0. The molecular formula is C37H55N3O5. The number of amides is 3. The van der Waals surface area contributed by atoms with Crippen LogP contribution in [0.25, 0.3) is 0 Å². The summed E-state index contributed by atoms with van der Waals surface area (Å²) in [6.07, 6.45) is 7.92. The number of hydrogen-bond donors (Lipinski definition) is 1. The van der Waals surface area contributed by atoms with Crippen LogP contribution in [0.4, 0.5) is 5.69 Å². The molecule has 0 radical (unpaired) electrons. The normalized spacial score (nSPS) is 27.4. The first-order chi connectivity index (χ1) is 21.2. The predicted molar refractivity (Wildman–Crippen MR) is 179 cm³/mol. The van der Waals surface area contributed by atoms with Crippen LogP contribution in [0.2, 0.25) is 0 Å². The van der Waals surface area contributed by atoms with Gasteiger partial charge in [-0.3, -0.25) is 14.4 Å². The van der Waals surface area contributed by atoms with E-state index in [4.69, 9.17) is 4.74 Å². The van der Waals surface area contributed by atoms with Gasteiger partial charge in [-0.2, -0.15) is 0 Å². The number of unbranched alkanes of at least 4 members (excludes halogenated alkanes) is 2. The second-order valence-electron chi connectivity index (χ2n) is 15.0. The minimum absolute atomic E-state index is 0.0440. The van der Waals surface area contributed by atoms with E-state index in [0.29, 0.717) is 51.7 Å². The monoisotopic (exact) mass is 621 g/mol. The van der Waals surface area contributed by atoms with Gasteiger partial charge < -0.3 is 24.5 Å². The number of aliphatic hydroxyl groups excluding tert-OH is 1. The van der Waals surface area contributed by atoms with Gasteiger partial charge in [0.25, 0.3) is 0 Å². The summed E-state index contributed by atoms with van der Waals surface area (Å²) in [7, 11) is 0. The van der Waals surface area contributed by atoms with E-state index < -0.39 is 34.6 Å². The molecule has 1 aromatic carbocycles. The number of nitrogens with zero attached hydrogens (tertiary/aromatic N) is 3. The lowest BCUT2D eigenvalue weighted by atomic mass is 9.64. The number of carbonyl (C=O) groups is 3. The smallest absolute Gasteiger partial charge is 0.249 e. The molecule has 0 aromatic heterocycles. The zero-order valence-electron chi connectivity index (χ0n) is 28.4. The molecule has 3 saturated heterocycles. The van der Waals surface area contributed by atoms with Crippen molar-refractivity contribution in [2.24, 2.45) is 17.3 Å². The summed E-state index contributed by atoms with van der Waals surface area (Å²) in [5, 5.41) is 9.40. The van der Waals surface area contributed by atoms with E-state index in [1.807, 2.05) is 42.2 Å². The number of anilines is 1. The molecule has 8 nitrogen and oxygen atoms in total. The Balaban J connectivity index is 1.82.